The van der Waals surface area contributed by atoms with E-state index in [0.29, 0.717) is 31.5 Å². The molecule has 0 heterocycles. The molecule has 0 atom stereocenters. The van der Waals surface area contributed by atoms with Gasteiger partial charge >= 0.3 is 0 Å². The highest BCUT2D eigenvalue weighted by Gasteiger charge is 1.96. The Balaban J connectivity index is 0.000000196. The first kappa shape index (κ1) is 25.6. The lowest BCUT2D eigenvalue weighted by Crippen LogP contribution is -2.03. The van der Waals surface area contributed by atoms with Gasteiger partial charge in [-0.15, -0.1) is 11.6 Å². The number of hydrogen-bond donors (Lipinski definition) is 1. The molecular weight excluding hydrogens is 436 g/mol. The van der Waals surface area contributed by atoms with E-state index in [1.807, 2.05) is 54.6 Å². The molecule has 0 radical (unpaired) electrons. The van der Waals surface area contributed by atoms with Crippen molar-refractivity contribution < 1.29 is 19.3 Å². The molecule has 0 fully saturated rings. The summed E-state index contributed by atoms with van der Waals surface area (Å²) in [6, 6.07) is 27.6. The minimum Gasteiger partial charge on any atom is -0.508 e. The molecular formula is C28H29ClO4. The summed E-state index contributed by atoms with van der Waals surface area (Å²) in [5, 5.41) is 13.8. The number of phenols is 1. The molecule has 1 N–H and O–H groups in total. The molecule has 0 aliphatic rings. The van der Waals surface area contributed by atoms with Crippen molar-refractivity contribution in [2.45, 2.75) is 0 Å². The van der Waals surface area contributed by atoms with Crippen LogP contribution in [0.5, 0.6) is 11.5 Å². The Kier molecular flexibility index (Phi) is 11.8. The molecule has 4 rings (SSSR count). The van der Waals surface area contributed by atoms with Crippen LogP contribution >= 0.6 is 11.6 Å². The van der Waals surface area contributed by atoms with Crippen LogP contribution in [-0.4, -0.2) is 30.8 Å². The minimum atomic E-state index is 0.323. The third-order valence-corrected chi connectivity index (χ3v) is 4.51. The molecule has 0 aromatic heterocycles. The number of halogens is 1. The maximum absolute atomic E-state index is 9.13. The lowest BCUT2D eigenvalue weighted by atomic mass is 10.1. The van der Waals surface area contributed by atoms with Crippen molar-refractivity contribution in [3.63, 3.8) is 0 Å². The third-order valence-electron chi connectivity index (χ3n) is 4.35. The number of hydrogen-bond acceptors (Lipinski definition) is 4. The molecule has 4 aromatic rings. The molecule has 5 heteroatoms. The molecule has 0 spiro atoms. The topological polar surface area (TPSA) is 47.9 Å². The van der Waals surface area contributed by atoms with Gasteiger partial charge in [0.1, 0.15) is 31.3 Å². The summed E-state index contributed by atoms with van der Waals surface area (Å²) in [5.74, 6) is 1.72. The van der Waals surface area contributed by atoms with E-state index < -0.39 is 0 Å². The molecule has 33 heavy (non-hydrogen) atoms. The van der Waals surface area contributed by atoms with Crippen LogP contribution in [0.1, 0.15) is 0 Å². The second-order valence-corrected chi connectivity index (χ2v) is 7.03. The lowest BCUT2D eigenvalue weighted by molar-refractivity contribution is 0.180. The Labute approximate surface area is 200 Å². The third kappa shape index (κ3) is 9.58. The molecule has 0 saturated carbocycles. The van der Waals surface area contributed by atoms with E-state index in [1.54, 1.807) is 12.1 Å². The normalized spacial score (nSPS) is 9.61. The number of phenolic OH excluding ortho intramolecular Hbond substituents is 1. The highest BCUT2D eigenvalue weighted by atomic mass is 35.5. The maximum Gasteiger partial charge on any atom is 0.122 e. The fraction of sp³-hybridized carbons (Fsp3) is 0.143. The molecule has 0 aliphatic carbocycles. The van der Waals surface area contributed by atoms with Gasteiger partial charge in [-0.25, -0.2) is 0 Å². The predicted octanol–water partition coefficient (Wildman–Crippen LogP) is 7.31. The summed E-state index contributed by atoms with van der Waals surface area (Å²) in [4.78, 5) is 0. The smallest absolute Gasteiger partial charge is 0.122 e. The monoisotopic (exact) mass is 464 g/mol. The first-order valence-electron chi connectivity index (χ1n) is 10.5. The highest BCUT2D eigenvalue weighted by Crippen LogP contribution is 2.20. The van der Waals surface area contributed by atoms with Crippen LogP contribution in [0.15, 0.2) is 111 Å². The Morgan fingerprint density at radius 1 is 0.667 bits per heavy atom. The standard InChI is InChI=1S/C14H14O2.C10H8O.C4H7ClO/c1-2-15-9-10-16-14-8-7-12-5-3-4-6-13(12)11-14;11-10-6-5-8-3-1-2-4-9(8)7-10;1-2-6-4-3-5/h2-8,11H,1,9-10H2;1-7,11H;2H,1,3-4H2. The van der Waals surface area contributed by atoms with Gasteiger partial charge < -0.3 is 19.3 Å². The van der Waals surface area contributed by atoms with Gasteiger partial charge in [0.2, 0.25) is 0 Å². The van der Waals surface area contributed by atoms with Crippen molar-refractivity contribution in [2.75, 3.05) is 25.7 Å². The van der Waals surface area contributed by atoms with Crippen molar-refractivity contribution in [1.29, 1.82) is 0 Å². The summed E-state index contributed by atoms with van der Waals surface area (Å²) >= 11 is 5.21. The predicted molar refractivity (Wildman–Crippen MR) is 138 cm³/mol. The molecule has 0 aliphatic heterocycles. The van der Waals surface area contributed by atoms with Gasteiger partial charge in [-0.2, -0.15) is 0 Å². The van der Waals surface area contributed by atoms with Gasteiger partial charge in [-0.1, -0.05) is 73.8 Å². The van der Waals surface area contributed by atoms with E-state index in [0.717, 1.165) is 16.5 Å². The van der Waals surface area contributed by atoms with E-state index in [-0.39, 0.29) is 0 Å². The second-order valence-electron chi connectivity index (χ2n) is 6.65. The minimum absolute atomic E-state index is 0.323. The van der Waals surface area contributed by atoms with Gasteiger partial charge in [0, 0.05) is 0 Å². The Morgan fingerprint density at radius 3 is 1.79 bits per heavy atom. The first-order chi connectivity index (χ1) is 16.2. The highest BCUT2D eigenvalue weighted by molar-refractivity contribution is 6.17. The van der Waals surface area contributed by atoms with Gasteiger partial charge in [-0.3, -0.25) is 0 Å². The zero-order chi connectivity index (χ0) is 23.7. The average Bonchev–Trinajstić information content (AvgIpc) is 2.86. The number of ether oxygens (including phenoxy) is 3. The van der Waals surface area contributed by atoms with Crippen molar-refractivity contribution in [3.8, 4) is 11.5 Å². The first-order valence-corrected chi connectivity index (χ1v) is 11.0. The van der Waals surface area contributed by atoms with Gasteiger partial charge in [0.05, 0.1) is 18.4 Å². The number of aromatic hydroxyl groups is 1. The lowest BCUT2D eigenvalue weighted by Gasteiger charge is -2.06. The van der Waals surface area contributed by atoms with Crippen LogP contribution in [0, 0.1) is 0 Å². The van der Waals surface area contributed by atoms with Crippen LogP contribution in [0.2, 0.25) is 0 Å². The summed E-state index contributed by atoms with van der Waals surface area (Å²) < 4.78 is 15.1. The fourth-order valence-corrected chi connectivity index (χ4v) is 2.94. The number of fused-ring (bicyclic) bond motifs is 2. The number of rotatable bonds is 8. The van der Waals surface area contributed by atoms with E-state index in [1.165, 1.54) is 23.3 Å². The molecule has 0 unspecified atom stereocenters. The van der Waals surface area contributed by atoms with E-state index in [4.69, 9.17) is 26.2 Å². The van der Waals surface area contributed by atoms with Crippen molar-refractivity contribution in [3.05, 3.63) is 111 Å². The van der Waals surface area contributed by atoms with Crippen molar-refractivity contribution >= 4 is 33.1 Å². The van der Waals surface area contributed by atoms with Crippen molar-refractivity contribution in [2.24, 2.45) is 0 Å². The van der Waals surface area contributed by atoms with Gasteiger partial charge in [-0.05, 0) is 45.8 Å². The van der Waals surface area contributed by atoms with Gasteiger partial charge in [0.25, 0.3) is 0 Å². The van der Waals surface area contributed by atoms with E-state index >= 15 is 0 Å². The second kappa shape index (κ2) is 15.2. The summed E-state index contributed by atoms with van der Waals surface area (Å²) in [6.45, 7) is 8.40. The Bertz CT molecular complexity index is 1130. The fourth-order valence-electron chi connectivity index (χ4n) is 2.85. The Morgan fingerprint density at radius 2 is 1.21 bits per heavy atom. The van der Waals surface area contributed by atoms with E-state index in [9.17, 15) is 0 Å². The zero-order valence-corrected chi connectivity index (χ0v) is 19.3. The molecule has 172 valence electrons. The van der Waals surface area contributed by atoms with Crippen LogP contribution in [-0.2, 0) is 9.47 Å². The quantitative estimate of drug-likeness (QED) is 0.169. The summed E-state index contributed by atoms with van der Waals surface area (Å²) in [5.41, 5.74) is 0. The van der Waals surface area contributed by atoms with Crippen LogP contribution in [0.25, 0.3) is 21.5 Å². The van der Waals surface area contributed by atoms with Crippen LogP contribution < -0.4 is 4.74 Å². The molecule has 0 amide bonds. The molecule has 0 saturated heterocycles. The molecule has 0 bridgehead atoms. The zero-order valence-electron chi connectivity index (χ0n) is 18.5. The maximum atomic E-state index is 9.13. The summed E-state index contributed by atoms with van der Waals surface area (Å²) in [7, 11) is 0. The SMILES string of the molecule is C=COCCCl.C=COCCOc1ccc2ccccc2c1.Oc1ccc2ccccc2c1. The number of benzene rings is 4. The number of alkyl halides is 1. The van der Waals surface area contributed by atoms with Crippen molar-refractivity contribution in [1.82, 2.24) is 0 Å². The largest absolute Gasteiger partial charge is 0.508 e. The van der Waals surface area contributed by atoms with Crippen LogP contribution in [0.4, 0.5) is 0 Å². The Hall–Kier alpha value is -3.63. The van der Waals surface area contributed by atoms with Gasteiger partial charge in [0.15, 0.2) is 0 Å². The average molecular weight is 465 g/mol. The molecule has 4 nitrogen and oxygen atoms in total. The summed E-state index contributed by atoms with van der Waals surface area (Å²) in [6.07, 6.45) is 2.80. The van der Waals surface area contributed by atoms with Crippen LogP contribution in [0.3, 0.4) is 0 Å². The van der Waals surface area contributed by atoms with E-state index in [2.05, 4.69) is 36.1 Å². The molecule has 4 aromatic carbocycles.